The Kier molecular flexibility index (Phi) is 6.83. The summed E-state index contributed by atoms with van der Waals surface area (Å²) in [7, 11) is 0. The Bertz CT molecular complexity index is 260. The van der Waals surface area contributed by atoms with Crippen molar-refractivity contribution in [3.8, 4) is 0 Å². The van der Waals surface area contributed by atoms with Gasteiger partial charge in [-0.1, -0.05) is 46.5 Å². The molecule has 0 aliphatic heterocycles. The SMILES string of the molecule is CCCC1CCC(NCC)C(N(CC)C2CCCC2)C1. The van der Waals surface area contributed by atoms with Gasteiger partial charge in [-0.3, -0.25) is 4.90 Å². The summed E-state index contributed by atoms with van der Waals surface area (Å²) in [6, 6.07) is 2.42. The molecule has 2 heteroatoms. The van der Waals surface area contributed by atoms with E-state index < -0.39 is 0 Å². The summed E-state index contributed by atoms with van der Waals surface area (Å²) >= 11 is 0. The van der Waals surface area contributed by atoms with Gasteiger partial charge in [-0.25, -0.2) is 0 Å². The van der Waals surface area contributed by atoms with Crippen LogP contribution in [0.5, 0.6) is 0 Å². The Balaban J connectivity index is 2.03. The van der Waals surface area contributed by atoms with Crippen molar-refractivity contribution < 1.29 is 0 Å². The summed E-state index contributed by atoms with van der Waals surface area (Å²) in [4.78, 5) is 2.88. The number of nitrogens with one attached hydrogen (secondary N) is 1. The lowest BCUT2D eigenvalue weighted by molar-refractivity contribution is 0.0643. The van der Waals surface area contributed by atoms with Crippen LogP contribution < -0.4 is 5.32 Å². The number of nitrogens with zero attached hydrogens (tertiary/aromatic N) is 1. The van der Waals surface area contributed by atoms with E-state index in [0.717, 1.165) is 30.6 Å². The standard InChI is InChI=1S/C18H36N2/c1-4-9-15-12-13-17(19-5-2)18(14-15)20(6-3)16-10-7-8-11-16/h15-19H,4-14H2,1-3H3. The van der Waals surface area contributed by atoms with Crippen LogP contribution >= 0.6 is 0 Å². The summed E-state index contributed by atoms with van der Waals surface area (Å²) in [5.41, 5.74) is 0. The third-order valence-electron chi connectivity index (χ3n) is 5.67. The van der Waals surface area contributed by atoms with Crippen molar-refractivity contribution in [3.05, 3.63) is 0 Å². The van der Waals surface area contributed by atoms with Crippen molar-refractivity contribution in [2.45, 2.75) is 96.7 Å². The van der Waals surface area contributed by atoms with Crippen LogP contribution in [0.15, 0.2) is 0 Å². The quantitative estimate of drug-likeness (QED) is 0.752. The van der Waals surface area contributed by atoms with Gasteiger partial charge in [0.25, 0.3) is 0 Å². The highest BCUT2D eigenvalue weighted by atomic mass is 15.2. The van der Waals surface area contributed by atoms with Crippen molar-refractivity contribution in [2.24, 2.45) is 5.92 Å². The van der Waals surface area contributed by atoms with Gasteiger partial charge in [0.2, 0.25) is 0 Å². The van der Waals surface area contributed by atoms with E-state index in [4.69, 9.17) is 0 Å². The molecular formula is C18H36N2. The molecule has 0 aromatic rings. The molecule has 0 aromatic carbocycles. The van der Waals surface area contributed by atoms with Crippen LogP contribution in [0.4, 0.5) is 0 Å². The van der Waals surface area contributed by atoms with Crippen LogP contribution in [0, 0.1) is 5.92 Å². The predicted octanol–water partition coefficient (Wildman–Crippen LogP) is 4.20. The molecule has 2 aliphatic carbocycles. The lowest BCUT2D eigenvalue weighted by atomic mass is 9.79. The first kappa shape index (κ1) is 16.3. The fourth-order valence-electron chi connectivity index (χ4n) is 4.77. The monoisotopic (exact) mass is 280 g/mol. The molecule has 0 spiro atoms. The van der Waals surface area contributed by atoms with E-state index >= 15 is 0 Å². The minimum absolute atomic E-state index is 0.744. The Labute approximate surface area is 126 Å². The molecule has 3 atom stereocenters. The Hall–Kier alpha value is -0.0800. The average molecular weight is 281 g/mol. The summed E-state index contributed by atoms with van der Waals surface area (Å²) < 4.78 is 0. The smallest absolute Gasteiger partial charge is 0.0254 e. The Morgan fingerprint density at radius 2 is 1.75 bits per heavy atom. The number of rotatable bonds is 7. The molecule has 2 aliphatic rings. The van der Waals surface area contributed by atoms with Crippen LogP contribution in [0.2, 0.25) is 0 Å². The first-order valence-electron chi connectivity index (χ1n) is 9.29. The molecule has 2 rings (SSSR count). The van der Waals surface area contributed by atoms with Crippen molar-refractivity contribution in [2.75, 3.05) is 13.1 Å². The van der Waals surface area contributed by atoms with Gasteiger partial charge >= 0.3 is 0 Å². The average Bonchev–Trinajstić information content (AvgIpc) is 2.97. The van der Waals surface area contributed by atoms with Crippen LogP contribution in [0.1, 0.15) is 78.6 Å². The van der Waals surface area contributed by atoms with Crippen LogP contribution in [-0.2, 0) is 0 Å². The molecule has 20 heavy (non-hydrogen) atoms. The molecule has 2 saturated carbocycles. The predicted molar refractivity (Wildman–Crippen MR) is 88.1 cm³/mol. The van der Waals surface area contributed by atoms with E-state index in [2.05, 4.69) is 31.0 Å². The summed E-state index contributed by atoms with van der Waals surface area (Å²) in [5, 5.41) is 3.79. The van der Waals surface area contributed by atoms with Gasteiger partial charge in [0.15, 0.2) is 0 Å². The second-order valence-electron chi connectivity index (χ2n) is 6.97. The lowest BCUT2D eigenvalue weighted by Crippen LogP contribution is -2.55. The van der Waals surface area contributed by atoms with Gasteiger partial charge in [0, 0.05) is 18.1 Å². The maximum atomic E-state index is 3.79. The third-order valence-corrected chi connectivity index (χ3v) is 5.67. The largest absolute Gasteiger partial charge is 0.313 e. The van der Waals surface area contributed by atoms with E-state index in [9.17, 15) is 0 Å². The molecule has 1 N–H and O–H groups in total. The first-order chi connectivity index (χ1) is 9.80. The fraction of sp³-hybridized carbons (Fsp3) is 1.00. The van der Waals surface area contributed by atoms with Crippen LogP contribution in [0.3, 0.4) is 0 Å². The molecule has 2 nitrogen and oxygen atoms in total. The number of hydrogen-bond acceptors (Lipinski definition) is 2. The second kappa shape index (κ2) is 8.38. The first-order valence-corrected chi connectivity index (χ1v) is 9.29. The minimum Gasteiger partial charge on any atom is -0.313 e. The zero-order chi connectivity index (χ0) is 14.4. The molecular weight excluding hydrogens is 244 g/mol. The summed E-state index contributed by atoms with van der Waals surface area (Å²) in [6.07, 6.45) is 12.9. The van der Waals surface area contributed by atoms with E-state index in [1.165, 1.54) is 64.3 Å². The number of hydrogen-bond donors (Lipinski definition) is 1. The highest BCUT2D eigenvalue weighted by Crippen LogP contribution is 2.34. The molecule has 0 heterocycles. The molecule has 118 valence electrons. The summed E-state index contributed by atoms with van der Waals surface area (Å²) in [5.74, 6) is 0.982. The maximum absolute atomic E-state index is 3.79. The van der Waals surface area contributed by atoms with Crippen LogP contribution in [0.25, 0.3) is 0 Å². The molecule has 3 unspecified atom stereocenters. The van der Waals surface area contributed by atoms with E-state index in [1.54, 1.807) is 0 Å². The zero-order valence-electron chi connectivity index (χ0n) is 14.0. The molecule has 2 fully saturated rings. The summed E-state index contributed by atoms with van der Waals surface area (Å²) in [6.45, 7) is 9.36. The van der Waals surface area contributed by atoms with Crippen molar-refractivity contribution in [1.29, 1.82) is 0 Å². The molecule has 0 amide bonds. The van der Waals surface area contributed by atoms with Crippen molar-refractivity contribution >= 4 is 0 Å². The lowest BCUT2D eigenvalue weighted by Gasteiger charge is -2.45. The fourth-order valence-corrected chi connectivity index (χ4v) is 4.77. The van der Waals surface area contributed by atoms with Crippen molar-refractivity contribution in [1.82, 2.24) is 10.2 Å². The normalized spacial score (nSPS) is 32.1. The highest BCUT2D eigenvalue weighted by molar-refractivity contribution is 4.94. The zero-order valence-corrected chi connectivity index (χ0v) is 14.0. The van der Waals surface area contributed by atoms with Gasteiger partial charge < -0.3 is 5.32 Å². The van der Waals surface area contributed by atoms with E-state index in [1.807, 2.05) is 0 Å². The molecule has 0 radical (unpaired) electrons. The highest BCUT2D eigenvalue weighted by Gasteiger charge is 2.36. The van der Waals surface area contributed by atoms with Gasteiger partial charge in [-0.05, 0) is 51.1 Å². The Morgan fingerprint density at radius 1 is 1.00 bits per heavy atom. The van der Waals surface area contributed by atoms with Gasteiger partial charge in [-0.15, -0.1) is 0 Å². The van der Waals surface area contributed by atoms with Crippen LogP contribution in [-0.4, -0.2) is 36.1 Å². The van der Waals surface area contributed by atoms with Gasteiger partial charge in [0.05, 0.1) is 0 Å². The molecule has 0 bridgehead atoms. The van der Waals surface area contributed by atoms with Gasteiger partial charge in [0.1, 0.15) is 0 Å². The minimum atomic E-state index is 0.744. The maximum Gasteiger partial charge on any atom is 0.0254 e. The van der Waals surface area contributed by atoms with E-state index in [0.29, 0.717) is 0 Å². The topological polar surface area (TPSA) is 15.3 Å². The molecule has 0 saturated heterocycles. The Morgan fingerprint density at radius 3 is 2.35 bits per heavy atom. The second-order valence-corrected chi connectivity index (χ2v) is 6.97. The third kappa shape index (κ3) is 3.98. The molecule has 0 aromatic heterocycles. The van der Waals surface area contributed by atoms with Crippen molar-refractivity contribution in [3.63, 3.8) is 0 Å². The number of likely N-dealkylation sites (N-methyl/N-ethyl adjacent to an activating group) is 2. The van der Waals surface area contributed by atoms with E-state index in [-0.39, 0.29) is 0 Å². The van der Waals surface area contributed by atoms with Gasteiger partial charge in [-0.2, -0.15) is 0 Å².